The van der Waals surface area contributed by atoms with Gasteiger partial charge in [0.2, 0.25) is 5.91 Å². The average molecular weight is 405 g/mol. The van der Waals surface area contributed by atoms with Crippen molar-refractivity contribution in [2.75, 3.05) is 24.4 Å². The highest BCUT2D eigenvalue weighted by Gasteiger charge is 2.13. The van der Waals surface area contributed by atoms with Crippen molar-refractivity contribution in [3.63, 3.8) is 0 Å². The van der Waals surface area contributed by atoms with Gasteiger partial charge in [-0.15, -0.1) is 0 Å². The molecule has 0 atom stereocenters. The Morgan fingerprint density at radius 1 is 1.00 bits per heavy atom. The summed E-state index contributed by atoms with van der Waals surface area (Å²) in [6.07, 6.45) is 0. The number of para-hydroxylation sites is 1. The van der Waals surface area contributed by atoms with Crippen LogP contribution in [0.4, 0.5) is 11.4 Å². The van der Waals surface area contributed by atoms with Crippen LogP contribution in [0.3, 0.4) is 0 Å². The second kappa shape index (κ2) is 9.91. The van der Waals surface area contributed by atoms with E-state index in [1.165, 1.54) is 7.11 Å². The van der Waals surface area contributed by atoms with Crippen molar-refractivity contribution >= 4 is 23.2 Å². The third-order valence-corrected chi connectivity index (χ3v) is 3.96. The molecule has 0 saturated heterocycles. The molecule has 2 amide bonds. The van der Waals surface area contributed by atoms with Gasteiger partial charge in [-0.3, -0.25) is 9.59 Å². The third kappa shape index (κ3) is 5.47. The summed E-state index contributed by atoms with van der Waals surface area (Å²) in [6.45, 7) is 0.0486. The molecule has 8 nitrogen and oxygen atoms in total. The Labute approximate surface area is 173 Å². The Kier molecular flexibility index (Phi) is 6.82. The molecule has 0 spiro atoms. The first-order chi connectivity index (χ1) is 14.6. The first-order valence-electron chi connectivity index (χ1n) is 9.00. The minimum atomic E-state index is -0.421. The number of nitriles is 1. The SMILES string of the molecule is COCC(=O)Nc1ccc(NC(=O)c2ccc(COc3ccccc3C#N)o2)cc1. The Morgan fingerprint density at radius 2 is 1.70 bits per heavy atom. The number of nitrogens with zero attached hydrogens (tertiary/aromatic N) is 1. The van der Waals surface area contributed by atoms with E-state index in [4.69, 9.17) is 19.2 Å². The largest absolute Gasteiger partial charge is 0.484 e. The molecule has 2 N–H and O–H groups in total. The molecule has 0 bridgehead atoms. The number of methoxy groups -OCH3 is 1. The summed E-state index contributed by atoms with van der Waals surface area (Å²) in [5.74, 6) is 0.329. The third-order valence-electron chi connectivity index (χ3n) is 3.96. The summed E-state index contributed by atoms with van der Waals surface area (Å²) < 4.78 is 15.9. The Hall–Kier alpha value is -4.09. The van der Waals surface area contributed by atoms with E-state index in [2.05, 4.69) is 16.7 Å². The van der Waals surface area contributed by atoms with Gasteiger partial charge in [-0.25, -0.2) is 0 Å². The minimum absolute atomic E-state index is 0.0366. The molecule has 2 aromatic carbocycles. The maximum atomic E-state index is 12.4. The lowest BCUT2D eigenvalue weighted by molar-refractivity contribution is -0.119. The molecular formula is C22H19N3O5. The van der Waals surface area contributed by atoms with Gasteiger partial charge in [0.25, 0.3) is 5.91 Å². The second-order valence-electron chi connectivity index (χ2n) is 6.18. The topological polar surface area (TPSA) is 114 Å². The van der Waals surface area contributed by atoms with Crippen LogP contribution in [0, 0.1) is 11.3 Å². The fourth-order valence-electron chi connectivity index (χ4n) is 2.57. The van der Waals surface area contributed by atoms with Crippen LogP contribution in [0.25, 0.3) is 0 Å². The van der Waals surface area contributed by atoms with Crippen molar-refractivity contribution < 1.29 is 23.5 Å². The second-order valence-corrected chi connectivity index (χ2v) is 6.18. The number of hydrogen-bond acceptors (Lipinski definition) is 6. The maximum absolute atomic E-state index is 12.4. The summed E-state index contributed by atoms with van der Waals surface area (Å²) in [4.78, 5) is 23.9. The van der Waals surface area contributed by atoms with Gasteiger partial charge in [0, 0.05) is 18.5 Å². The summed E-state index contributed by atoms with van der Waals surface area (Å²) in [6, 6.07) is 18.8. The zero-order chi connectivity index (χ0) is 21.3. The van der Waals surface area contributed by atoms with Gasteiger partial charge in [0.15, 0.2) is 5.76 Å². The maximum Gasteiger partial charge on any atom is 0.291 e. The number of benzene rings is 2. The number of rotatable bonds is 8. The van der Waals surface area contributed by atoms with Crippen molar-refractivity contribution in [1.82, 2.24) is 0 Å². The molecule has 3 aromatic rings. The van der Waals surface area contributed by atoms with Crippen LogP contribution in [0.5, 0.6) is 5.75 Å². The number of carbonyl (C=O) groups is 2. The van der Waals surface area contributed by atoms with Crippen LogP contribution in [-0.2, 0) is 16.1 Å². The van der Waals surface area contributed by atoms with Gasteiger partial charge in [-0.2, -0.15) is 5.26 Å². The van der Waals surface area contributed by atoms with Crippen molar-refractivity contribution in [3.8, 4) is 11.8 Å². The van der Waals surface area contributed by atoms with Crippen LogP contribution in [0.1, 0.15) is 21.9 Å². The van der Waals surface area contributed by atoms with E-state index in [9.17, 15) is 9.59 Å². The molecule has 0 fully saturated rings. The van der Waals surface area contributed by atoms with Crippen LogP contribution in [-0.4, -0.2) is 25.5 Å². The number of anilines is 2. The highest BCUT2D eigenvalue weighted by atomic mass is 16.5. The molecule has 152 valence electrons. The summed E-state index contributed by atoms with van der Waals surface area (Å²) in [5, 5.41) is 14.5. The summed E-state index contributed by atoms with van der Waals surface area (Å²) in [5.41, 5.74) is 1.55. The molecule has 0 aliphatic carbocycles. The molecule has 0 aliphatic heterocycles. The van der Waals surface area contributed by atoms with Crippen LogP contribution >= 0.6 is 0 Å². The molecular weight excluding hydrogens is 386 g/mol. The Bertz CT molecular complexity index is 1070. The number of amides is 2. The lowest BCUT2D eigenvalue weighted by atomic mass is 10.2. The smallest absolute Gasteiger partial charge is 0.291 e. The van der Waals surface area contributed by atoms with E-state index in [1.807, 2.05) is 0 Å². The van der Waals surface area contributed by atoms with Crippen molar-refractivity contribution in [2.45, 2.75) is 6.61 Å². The molecule has 30 heavy (non-hydrogen) atoms. The van der Waals surface area contributed by atoms with Gasteiger partial charge in [0.05, 0.1) is 5.56 Å². The van der Waals surface area contributed by atoms with Gasteiger partial charge in [0.1, 0.15) is 30.8 Å². The van der Waals surface area contributed by atoms with Crippen LogP contribution < -0.4 is 15.4 Å². The fourth-order valence-corrected chi connectivity index (χ4v) is 2.57. The first kappa shape index (κ1) is 20.6. The lowest BCUT2D eigenvalue weighted by Crippen LogP contribution is -2.17. The minimum Gasteiger partial charge on any atom is -0.484 e. The predicted octanol–water partition coefficient (Wildman–Crippen LogP) is 3.57. The summed E-state index contributed by atoms with van der Waals surface area (Å²) >= 11 is 0. The van der Waals surface area contributed by atoms with E-state index in [1.54, 1.807) is 60.7 Å². The monoisotopic (exact) mass is 405 g/mol. The van der Waals surface area contributed by atoms with E-state index < -0.39 is 5.91 Å². The van der Waals surface area contributed by atoms with Gasteiger partial charge in [-0.1, -0.05) is 12.1 Å². The van der Waals surface area contributed by atoms with Crippen LogP contribution in [0.15, 0.2) is 65.1 Å². The number of carbonyl (C=O) groups excluding carboxylic acids is 2. The zero-order valence-electron chi connectivity index (χ0n) is 16.2. The van der Waals surface area contributed by atoms with E-state index >= 15 is 0 Å². The highest BCUT2D eigenvalue weighted by molar-refractivity contribution is 6.02. The molecule has 3 rings (SSSR count). The average Bonchev–Trinajstić information content (AvgIpc) is 3.23. The van der Waals surface area contributed by atoms with Crippen molar-refractivity contribution in [1.29, 1.82) is 5.26 Å². The van der Waals surface area contributed by atoms with Crippen LogP contribution in [0.2, 0.25) is 0 Å². The Morgan fingerprint density at radius 3 is 2.40 bits per heavy atom. The van der Waals surface area contributed by atoms with E-state index in [0.29, 0.717) is 28.4 Å². The Balaban J connectivity index is 1.56. The number of nitrogens with one attached hydrogen (secondary N) is 2. The number of ether oxygens (including phenoxy) is 2. The number of hydrogen-bond donors (Lipinski definition) is 2. The van der Waals surface area contributed by atoms with Gasteiger partial charge < -0.3 is 24.5 Å². The molecule has 0 unspecified atom stereocenters. The molecule has 1 heterocycles. The molecule has 0 saturated carbocycles. The van der Waals surface area contributed by atoms with Gasteiger partial charge >= 0.3 is 0 Å². The fraction of sp³-hybridized carbons (Fsp3) is 0.136. The molecule has 0 radical (unpaired) electrons. The molecule has 1 aromatic heterocycles. The zero-order valence-corrected chi connectivity index (χ0v) is 16.2. The first-order valence-corrected chi connectivity index (χ1v) is 9.00. The van der Waals surface area contributed by atoms with Crippen molar-refractivity contribution in [2.24, 2.45) is 0 Å². The highest BCUT2D eigenvalue weighted by Crippen LogP contribution is 2.20. The predicted molar refractivity (Wildman–Crippen MR) is 109 cm³/mol. The molecule has 0 aliphatic rings. The van der Waals surface area contributed by atoms with E-state index in [-0.39, 0.29) is 24.9 Å². The normalized spacial score (nSPS) is 10.1. The van der Waals surface area contributed by atoms with Gasteiger partial charge in [-0.05, 0) is 48.5 Å². The van der Waals surface area contributed by atoms with Crippen molar-refractivity contribution in [3.05, 3.63) is 77.7 Å². The van der Waals surface area contributed by atoms with E-state index in [0.717, 1.165) is 0 Å². The lowest BCUT2D eigenvalue weighted by Gasteiger charge is -2.07. The standard InChI is InChI=1S/C22H19N3O5/c1-28-14-21(26)24-16-6-8-17(9-7-16)25-22(27)20-11-10-18(30-20)13-29-19-5-3-2-4-15(19)12-23/h2-11H,13-14H2,1H3,(H,24,26)(H,25,27). The molecule has 8 heteroatoms. The quantitative estimate of drug-likeness (QED) is 0.592. The number of furan rings is 1. The summed E-state index contributed by atoms with van der Waals surface area (Å²) in [7, 11) is 1.44.